The molecule has 1 fully saturated rings. The summed E-state index contributed by atoms with van der Waals surface area (Å²) in [6.07, 6.45) is 6.24. The number of aryl methyl sites for hydroxylation is 1. The lowest BCUT2D eigenvalue weighted by Gasteiger charge is -2.34. The molecule has 3 heterocycles. The molecule has 23 heavy (non-hydrogen) atoms. The average molecular weight is 313 g/mol. The zero-order chi connectivity index (χ0) is 16.2. The Bertz CT molecular complexity index is 692. The summed E-state index contributed by atoms with van der Waals surface area (Å²) in [7, 11) is 4.27. The number of hydrogen-bond acceptors (Lipinski definition) is 6. The van der Waals surface area contributed by atoms with E-state index in [0.29, 0.717) is 13.0 Å². The van der Waals surface area contributed by atoms with E-state index >= 15 is 0 Å². The highest BCUT2D eigenvalue weighted by atomic mass is 15.3. The number of fused-ring (bicyclic) bond motifs is 1. The van der Waals surface area contributed by atoms with E-state index in [4.69, 9.17) is 5.26 Å². The van der Waals surface area contributed by atoms with Gasteiger partial charge in [0.15, 0.2) is 5.65 Å². The first-order chi connectivity index (χ1) is 11.2. The molecule has 0 spiro atoms. The van der Waals surface area contributed by atoms with Crippen LogP contribution in [-0.4, -0.2) is 58.4 Å². The summed E-state index contributed by atoms with van der Waals surface area (Å²) in [5.41, 5.74) is 0.820. The Labute approximate surface area is 136 Å². The minimum absolute atomic E-state index is 0.437. The lowest BCUT2D eigenvalue weighted by atomic mass is 9.96. The van der Waals surface area contributed by atoms with Crippen molar-refractivity contribution in [1.82, 2.24) is 24.6 Å². The number of hydrogen-bond donors (Lipinski definition) is 0. The molecular formula is C16H23N7. The third-order valence-corrected chi connectivity index (χ3v) is 4.39. The highest BCUT2D eigenvalue weighted by Crippen LogP contribution is 2.27. The molecule has 0 bridgehead atoms. The average Bonchev–Trinajstić information content (AvgIpc) is 2.96. The van der Waals surface area contributed by atoms with Crippen LogP contribution in [0.15, 0.2) is 12.5 Å². The van der Waals surface area contributed by atoms with Gasteiger partial charge in [-0.2, -0.15) is 10.4 Å². The largest absolute Gasteiger partial charge is 0.356 e. The molecular weight excluding hydrogens is 290 g/mol. The topological polar surface area (TPSA) is 73.9 Å². The summed E-state index contributed by atoms with van der Waals surface area (Å²) in [5, 5.41) is 14.1. The molecule has 0 aliphatic carbocycles. The second-order valence-corrected chi connectivity index (χ2v) is 6.40. The first-order valence-corrected chi connectivity index (χ1v) is 8.12. The summed E-state index contributed by atoms with van der Waals surface area (Å²) in [4.78, 5) is 13.5. The number of nitrogens with zero attached hydrogens (tertiary/aromatic N) is 7. The van der Waals surface area contributed by atoms with Crippen molar-refractivity contribution in [3.8, 4) is 6.07 Å². The molecule has 0 radical (unpaired) electrons. The summed E-state index contributed by atoms with van der Waals surface area (Å²) in [5.74, 6) is 1.73. The van der Waals surface area contributed by atoms with Gasteiger partial charge in [0.2, 0.25) is 0 Å². The van der Waals surface area contributed by atoms with Crippen molar-refractivity contribution in [3.63, 3.8) is 0 Å². The first-order valence-electron chi connectivity index (χ1n) is 8.12. The Balaban J connectivity index is 1.76. The van der Waals surface area contributed by atoms with Crippen LogP contribution in [0.5, 0.6) is 0 Å². The van der Waals surface area contributed by atoms with Gasteiger partial charge in [0.05, 0.1) is 30.6 Å². The molecule has 1 aliphatic rings. The number of rotatable bonds is 5. The summed E-state index contributed by atoms with van der Waals surface area (Å²) in [6, 6.07) is 2.15. The minimum atomic E-state index is 0.437. The molecule has 0 atom stereocenters. The number of piperidine rings is 1. The quantitative estimate of drug-likeness (QED) is 0.833. The van der Waals surface area contributed by atoms with Gasteiger partial charge in [0.25, 0.3) is 0 Å². The predicted molar refractivity (Wildman–Crippen MR) is 89.0 cm³/mol. The van der Waals surface area contributed by atoms with Crippen LogP contribution in [0.1, 0.15) is 19.3 Å². The molecule has 122 valence electrons. The van der Waals surface area contributed by atoms with Gasteiger partial charge in [-0.3, -0.25) is 0 Å². The lowest BCUT2D eigenvalue weighted by Crippen LogP contribution is -2.37. The van der Waals surface area contributed by atoms with Gasteiger partial charge in [-0.1, -0.05) is 0 Å². The van der Waals surface area contributed by atoms with E-state index in [1.807, 2.05) is 6.20 Å². The van der Waals surface area contributed by atoms with E-state index in [-0.39, 0.29) is 0 Å². The normalized spacial score (nSPS) is 16.2. The molecule has 1 saturated heterocycles. The van der Waals surface area contributed by atoms with Crippen molar-refractivity contribution in [1.29, 1.82) is 5.26 Å². The third-order valence-electron chi connectivity index (χ3n) is 4.39. The van der Waals surface area contributed by atoms with Crippen LogP contribution < -0.4 is 4.90 Å². The molecule has 2 aromatic heterocycles. The molecule has 0 saturated carbocycles. The fourth-order valence-corrected chi connectivity index (χ4v) is 3.30. The van der Waals surface area contributed by atoms with Gasteiger partial charge in [-0.05, 0) is 32.9 Å². The van der Waals surface area contributed by atoms with Gasteiger partial charge >= 0.3 is 0 Å². The van der Waals surface area contributed by atoms with E-state index in [1.165, 1.54) is 12.8 Å². The maximum Gasteiger partial charge on any atom is 0.163 e. The monoisotopic (exact) mass is 313 g/mol. The highest BCUT2D eigenvalue weighted by Gasteiger charge is 2.22. The number of aromatic nitrogens is 4. The van der Waals surface area contributed by atoms with Crippen molar-refractivity contribution in [2.45, 2.75) is 25.8 Å². The molecule has 1 aliphatic heterocycles. The van der Waals surface area contributed by atoms with E-state index in [0.717, 1.165) is 42.4 Å². The van der Waals surface area contributed by atoms with Gasteiger partial charge in [-0.25, -0.2) is 14.6 Å². The minimum Gasteiger partial charge on any atom is -0.356 e. The van der Waals surface area contributed by atoms with Crippen molar-refractivity contribution in [2.75, 3.05) is 38.6 Å². The Morgan fingerprint density at radius 1 is 1.30 bits per heavy atom. The Morgan fingerprint density at radius 3 is 2.78 bits per heavy atom. The van der Waals surface area contributed by atoms with E-state index in [2.05, 4.69) is 45.0 Å². The van der Waals surface area contributed by atoms with Gasteiger partial charge < -0.3 is 9.80 Å². The second-order valence-electron chi connectivity index (χ2n) is 6.40. The van der Waals surface area contributed by atoms with Crippen molar-refractivity contribution in [3.05, 3.63) is 12.5 Å². The van der Waals surface area contributed by atoms with Crippen molar-refractivity contribution in [2.24, 2.45) is 5.92 Å². The summed E-state index contributed by atoms with van der Waals surface area (Å²) >= 11 is 0. The van der Waals surface area contributed by atoms with E-state index < -0.39 is 0 Å². The smallest absolute Gasteiger partial charge is 0.163 e. The maximum atomic E-state index is 8.75. The van der Waals surface area contributed by atoms with Crippen molar-refractivity contribution < 1.29 is 0 Å². The molecule has 3 rings (SSSR count). The van der Waals surface area contributed by atoms with Crippen LogP contribution in [0, 0.1) is 17.2 Å². The van der Waals surface area contributed by atoms with Gasteiger partial charge in [-0.15, -0.1) is 0 Å². The zero-order valence-electron chi connectivity index (χ0n) is 13.8. The van der Waals surface area contributed by atoms with Gasteiger partial charge in [0.1, 0.15) is 12.1 Å². The standard InChI is InChI=1S/C16H23N7/c1-21(2)11-13-4-8-22(9-5-13)15-14-10-20-23(7-3-6-17)16(14)19-12-18-15/h10,12-13H,3-5,7-9,11H2,1-2H3. The molecule has 7 heteroatoms. The maximum absolute atomic E-state index is 8.75. The molecule has 0 amide bonds. The van der Waals surface area contributed by atoms with Crippen LogP contribution in [0.3, 0.4) is 0 Å². The lowest BCUT2D eigenvalue weighted by molar-refractivity contribution is 0.285. The third kappa shape index (κ3) is 3.42. The fraction of sp³-hybridized carbons (Fsp3) is 0.625. The van der Waals surface area contributed by atoms with Gasteiger partial charge in [0, 0.05) is 19.6 Å². The van der Waals surface area contributed by atoms with Crippen molar-refractivity contribution >= 4 is 16.9 Å². The Morgan fingerprint density at radius 2 is 2.09 bits per heavy atom. The zero-order valence-corrected chi connectivity index (χ0v) is 13.8. The molecule has 0 unspecified atom stereocenters. The number of nitriles is 1. The fourth-order valence-electron chi connectivity index (χ4n) is 3.30. The molecule has 7 nitrogen and oxygen atoms in total. The van der Waals surface area contributed by atoms with E-state index in [9.17, 15) is 0 Å². The molecule has 2 aromatic rings. The molecule has 0 aromatic carbocycles. The van der Waals surface area contributed by atoms with Crippen LogP contribution in [0.4, 0.5) is 5.82 Å². The summed E-state index contributed by atoms with van der Waals surface area (Å²) in [6.45, 7) is 3.77. The predicted octanol–water partition coefficient (Wildman–Crippen LogP) is 1.52. The SMILES string of the molecule is CN(C)CC1CCN(c2ncnc3c2cnn3CCC#N)CC1. The van der Waals surface area contributed by atoms with Crippen LogP contribution >= 0.6 is 0 Å². The van der Waals surface area contributed by atoms with E-state index in [1.54, 1.807) is 11.0 Å². The van der Waals surface area contributed by atoms with Crippen LogP contribution in [0.2, 0.25) is 0 Å². The summed E-state index contributed by atoms with van der Waals surface area (Å²) < 4.78 is 1.79. The highest BCUT2D eigenvalue weighted by molar-refractivity contribution is 5.86. The van der Waals surface area contributed by atoms with Crippen LogP contribution in [0.25, 0.3) is 11.0 Å². The Hall–Kier alpha value is -2.20. The Kier molecular flexibility index (Phi) is 4.72. The number of anilines is 1. The van der Waals surface area contributed by atoms with Crippen LogP contribution in [-0.2, 0) is 6.54 Å². The molecule has 0 N–H and O–H groups in total. The first kappa shape index (κ1) is 15.7. The second kappa shape index (κ2) is 6.92.